The third-order valence-electron chi connectivity index (χ3n) is 2.59. The first-order valence-corrected chi connectivity index (χ1v) is 6.32. The summed E-state index contributed by atoms with van der Waals surface area (Å²) in [7, 11) is 0. The van der Waals surface area contributed by atoms with Crippen LogP contribution in [-0.2, 0) is 10.8 Å². The summed E-state index contributed by atoms with van der Waals surface area (Å²) in [5.41, 5.74) is 3.34. The Hall–Kier alpha value is -0.780. The minimum Gasteiger partial charge on any atom is -0.0683 e. The lowest BCUT2D eigenvalue weighted by molar-refractivity contribution is 0.568. The molecule has 0 saturated carbocycles. The quantitative estimate of drug-likeness (QED) is 0.556. The molecule has 0 amide bonds. The van der Waals surface area contributed by atoms with E-state index in [1.165, 1.54) is 11.1 Å². The monoisotopic (exact) mass is 220 g/mol. The zero-order chi connectivity index (χ0) is 13.0. The fourth-order valence-electron chi connectivity index (χ4n) is 1.45. The SMILES string of the molecule is CC.CC(C)(C)c1cccc(C(C)(C)C)c1. The maximum atomic E-state index is 2.33. The maximum Gasteiger partial charge on any atom is -0.0132 e. The van der Waals surface area contributed by atoms with Crippen LogP contribution in [0.2, 0.25) is 0 Å². The van der Waals surface area contributed by atoms with E-state index >= 15 is 0 Å². The number of hydrogen-bond donors (Lipinski definition) is 0. The van der Waals surface area contributed by atoms with Gasteiger partial charge in [-0.2, -0.15) is 0 Å². The largest absolute Gasteiger partial charge is 0.0683 e. The molecule has 0 heterocycles. The molecule has 0 aliphatic heterocycles. The van der Waals surface area contributed by atoms with E-state index in [0.29, 0.717) is 0 Å². The Labute approximate surface area is 102 Å². The van der Waals surface area contributed by atoms with Gasteiger partial charge in [0.2, 0.25) is 0 Å². The van der Waals surface area contributed by atoms with Crippen LogP contribution in [0.5, 0.6) is 0 Å². The lowest BCUT2D eigenvalue weighted by atomic mass is 9.81. The third-order valence-corrected chi connectivity index (χ3v) is 2.59. The summed E-state index contributed by atoms with van der Waals surface area (Å²) >= 11 is 0. The molecule has 1 rings (SSSR count). The highest BCUT2D eigenvalue weighted by Crippen LogP contribution is 2.28. The summed E-state index contributed by atoms with van der Waals surface area (Å²) in [6.07, 6.45) is 0. The maximum absolute atomic E-state index is 2.33. The van der Waals surface area contributed by atoms with Gasteiger partial charge in [-0.3, -0.25) is 0 Å². The topological polar surface area (TPSA) is 0 Å². The van der Waals surface area contributed by atoms with Crippen molar-refractivity contribution in [3.63, 3.8) is 0 Å². The van der Waals surface area contributed by atoms with Crippen molar-refractivity contribution in [2.45, 2.75) is 66.2 Å². The van der Waals surface area contributed by atoms with Crippen LogP contribution in [0.4, 0.5) is 0 Å². The van der Waals surface area contributed by atoms with Gasteiger partial charge < -0.3 is 0 Å². The van der Waals surface area contributed by atoms with Crippen molar-refractivity contribution in [1.29, 1.82) is 0 Å². The normalized spacial score (nSPS) is 11.8. The van der Waals surface area contributed by atoms with Crippen LogP contribution in [-0.4, -0.2) is 0 Å². The fourth-order valence-corrected chi connectivity index (χ4v) is 1.45. The van der Waals surface area contributed by atoms with Crippen LogP contribution in [0.1, 0.15) is 66.5 Å². The first-order chi connectivity index (χ1) is 7.21. The van der Waals surface area contributed by atoms with Crippen LogP contribution in [0.25, 0.3) is 0 Å². The second-order valence-corrected chi connectivity index (χ2v) is 6.08. The molecule has 0 heteroatoms. The van der Waals surface area contributed by atoms with E-state index in [4.69, 9.17) is 0 Å². The van der Waals surface area contributed by atoms with Gasteiger partial charge >= 0.3 is 0 Å². The van der Waals surface area contributed by atoms with Crippen LogP contribution in [0, 0.1) is 0 Å². The molecule has 0 saturated heterocycles. The average molecular weight is 220 g/mol. The van der Waals surface area contributed by atoms with Crippen LogP contribution >= 0.6 is 0 Å². The highest BCUT2D eigenvalue weighted by Gasteiger charge is 2.18. The lowest BCUT2D eigenvalue weighted by Gasteiger charge is -2.24. The Morgan fingerprint density at radius 3 is 1.25 bits per heavy atom. The molecule has 0 bridgehead atoms. The van der Waals surface area contributed by atoms with Gasteiger partial charge in [-0.05, 0) is 22.0 Å². The Morgan fingerprint density at radius 2 is 1.00 bits per heavy atom. The molecule has 16 heavy (non-hydrogen) atoms. The summed E-state index contributed by atoms with van der Waals surface area (Å²) in [6.45, 7) is 17.6. The molecule has 0 spiro atoms. The molecular formula is C16H28. The molecule has 0 aliphatic carbocycles. The molecule has 0 aliphatic rings. The number of rotatable bonds is 0. The van der Waals surface area contributed by atoms with Crippen molar-refractivity contribution in [2.24, 2.45) is 0 Å². The summed E-state index contributed by atoms with van der Waals surface area (Å²) < 4.78 is 0. The molecular weight excluding hydrogens is 192 g/mol. The van der Waals surface area contributed by atoms with Gasteiger partial charge in [0.05, 0.1) is 0 Å². The van der Waals surface area contributed by atoms with Crippen molar-refractivity contribution in [3.8, 4) is 0 Å². The summed E-state index contributed by atoms with van der Waals surface area (Å²) in [4.78, 5) is 0. The number of benzene rings is 1. The van der Waals surface area contributed by atoms with E-state index in [2.05, 4.69) is 65.8 Å². The van der Waals surface area contributed by atoms with Gasteiger partial charge in [0.1, 0.15) is 0 Å². The molecule has 0 atom stereocenters. The minimum atomic E-state index is 0.251. The minimum absolute atomic E-state index is 0.251. The first-order valence-electron chi connectivity index (χ1n) is 6.32. The van der Waals surface area contributed by atoms with Gasteiger partial charge in [-0.15, -0.1) is 0 Å². The van der Waals surface area contributed by atoms with Crippen molar-refractivity contribution in [1.82, 2.24) is 0 Å². The second kappa shape index (κ2) is 5.52. The Bertz CT molecular complexity index is 278. The highest BCUT2D eigenvalue weighted by molar-refractivity contribution is 5.32. The molecule has 1 aromatic rings. The van der Waals surface area contributed by atoms with Gasteiger partial charge in [-0.1, -0.05) is 79.7 Å². The molecule has 0 nitrogen and oxygen atoms in total. The van der Waals surface area contributed by atoms with Gasteiger partial charge in [0.15, 0.2) is 0 Å². The molecule has 1 aromatic carbocycles. The Balaban J connectivity index is 0.00000106. The van der Waals surface area contributed by atoms with Crippen LogP contribution in [0.3, 0.4) is 0 Å². The average Bonchev–Trinajstić information content (AvgIpc) is 2.18. The molecule has 0 N–H and O–H groups in total. The standard InChI is InChI=1S/C14H22.C2H6/c1-13(2,3)11-8-7-9-12(10-11)14(4,5)6;1-2/h7-10H,1-6H3;1-2H3. The van der Waals surface area contributed by atoms with E-state index < -0.39 is 0 Å². The molecule has 0 unspecified atom stereocenters. The molecule has 0 aromatic heterocycles. The van der Waals surface area contributed by atoms with E-state index in [9.17, 15) is 0 Å². The van der Waals surface area contributed by atoms with E-state index in [1.807, 2.05) is 13.8 Å². The summed E-state index contributed by atoms with van der Waals surface area (Å²) in [5.74, 6) is 0. The van der Waals surface area contributed by atoms with E-state index in [1.54, 1.807) is 0 Å². The van der Waals surface area contributed by atoms with Crippen LogP contribution in [0.15, 0.2) is 24.3 Å². The predicted octanol–water partition coefficient (Wildman–Crippen LogP) is 5.31. The van der Waals surface area contributed by atoms with Crippen molar-refractivity contribution >= 4 is 0 Å². The molecule has 0 fully saturated rings. The molecule has 0 radical (unpaired) electrons. The van der Waals surface area contributed by atoms with Crippen molar-refractivity contribution in [3.05, 3.63) is 35.4 Å². The predicted molar refractivity (Wildman–Crippen MR) is 75.2 cm³/mol. The zero-order valence-electron chi connectivity index (χ0n) is 12.3. The zero-order valence-corrected chi connectivity index (χ0v) is 12.3. The van der Waals surface area contributed by atoms with Crippen LogP contribution < -0.4 is 0 Å². The smallest absolute Gasteiger partial charge is 0.0132 e. The third kappa shape index (κ3) is 4.38. The molecule has 92 valence electrons. The summed E-state index contributed by atoms with van der Waals surface area (Å²) in [6, 6.07) is 8.94. The summed E-state index contributed by atoms with van der Waals surface area (Å²) in [5, 5.41) is 0. The van der Waals surface area contributed by atoms with Crippen molar-refractivity contribution < 1.29 is 0 Å². The lowest BCUT2D eigenvalue weighted by Crippen LogP contribution is -2.15. The second-order valence-electron chi connectivity index (χ2n) is 6.08. The van der Waals surface area contributed by atoms with E-state index in [0.717, 1.165) is 0 Å². The van der Waals surface area contributed by atoms with Gasteiger partial charge in [-0.25, -0.2) is 0 Å². The fraction of sp³-hybridized carbons (Fsp3) is 0.625. The van der Waals surface area contributed by atoms with E-state index in [-0.39, 0.29) is 10.8 Å². The Morgan fingerprint density at radius 1 is 0.688 bits per heavy atom. The Kier molecular flexibility index (Phi) is 5.25. The number of hydrogen-bond acceptors (Lipinski definition) is 0. The first kappa shape index (κ1) is 15.2. The van der Waals surface area contributed by atoms with Gasteiger partial charge in [0.25, 0.3) is 0 Å². The van der Waals surface area contributed by atoms with Gasteiger partial charge in [0, 0.05) is 0 Å². The van der Waals surface area contributed by atoms with Crippen molar-refractivity contribution in [2.75, 3.05) is 0 Å². The highest BCUT2D eigenvalue weighted by atomic mass is 14.2.